The minimum atomic E-state index is 0.198. The van der Waals surface area contributed by atoms with Crippen LogP contribution < -0.4 is 4.90 Å². The van der Waals surface area contributed by atoms with Crippen molar-refractivity contribution >= 4 is 29.4 Å². The van der Waals surface area contributed by atoms with Crippen LogP contribution in [0.25, 0.3) is 12.2 Å². The van der Waals surface area contributed by atoms with Gasteiger partial charge in [0.15, 0.2) is 0 Å². The lowest BCUT2D eigenvalue weighted by Crippen LogP contribution is -2.48. The zero-order chi connectivity index (χ0) is 22.5. The molecule has 0 aliphatic carbocycles. The Hall–Kier alpha value is -3.66. The highest BCUT2D eigenvalue weighted by molar-refractivity contribution is 7.10. The molecule has 5 rings (SSSR count). The lowest BCUT2D eigenvalue weighted by Gasteiger charge is -2.39. The van der Waals surface area contributed by atoms with Crippen molar-refractivity contribution in [2.24, 2.45) is 0 Å². The third-order valence-electron chi connectivity index (χ3n) is 5.86. The highest BCUT2D eigenvalue weighted by atomic mass is 32.1. The number of hydrogen-bond acceptors (Lipinski definition) is 6. The summed E-state index contributed by atoms with van der Waals surface area (Å²) in [4.78, 5) is 10.1. The fourth-order valence-electron chi connectivity index (χ4n) is 4.29. The minimum Gasteiger partial charge on any atom is -0.420 e. The van der Waals surface area contributed by atoms with Crippen LogP contribution in [0.3, 0.4) is 0 Å². The zero-order valence-electron chi connectivity index (χ0n) is 18.2. The molecule has 0 saturated carbocycles. The van der Waals surface area contributed by atoms with E-state index in [1.54, 1.807) is 11.3 Å². The lowest BCUT2D eigenvalue weighted by molar-refractivity contribution is 0.209. The Kier molecular flexibility index (Phi) is 6.34. The van der Waals surface area contributed by atoms with Crippen LogP contribution in [0.2, 0.25) is 0 Å². The number of rotatable bonds is 6. The lowest BCUT2D eigenvalue weighted by atomic mass is 9.96. The minimum absolute atomic E-state index is 0.198. The van der Waals surface area contributed by atoms with Crippen LogP contribution in [0, 0.1) is 11.3 Å². The molecule has 6 heteroatoms. The van der Waals surface area contributed by atoms with Crippen molar-refractivity contribution in [3.63, 3.8) is 0 Å². The summed E-state index contributed by atoms with van der Waals surface area (Å²) in [5.41, 5.74) is 2.92. The van der Waals surface area contributed by atoms with E-state index in [4.69, 9.17) is 4.42 Å². The van der Waals surface area contributed by atoms with Crippen molar-refractivity contribution in [2.75, 3.05) is 31.1 Å². The molecule has 3 heterocycles. The van der Waals surface area contributed by atoms with Gasteiger partial charge in [-0.1, -0.05) is 66.7 Å². The van der Waals surface area contributed by atoms with Gasteiger partial charge in [0, 0.05) is 37.1 Å². The Labute approximate surface area is 197 Å². The Morgan fingerprint density at radius 3 is 2.12 bits per heavy atom. The van der Waals surface area contributed by atoms with Crippen molar-refractivity contribution < 1.29 is 4.42 Å². The number of hydrogen-bond donors (Lipinski definition) is 0. The smallest absolute Gasteiger partial charge is 0.235 e. The number of oxazole rings is 1. The largest absolute Gasteiger partial charge is 0.420 e. The first-order chi connectivity index (χ1) is 16.3. The van der Waals surface area contributed by atoms with E-state index < -0.39 is 0 Å². The summed E-state index contributed by atoms with van der Waals surface area (Å²) in [5, 5.41) is 11.6. The van der Waals surface area contributed by atoms with Gasteiger partial charge in [0.2, 0.25) is 17.5 Å². The molecule has 1 saturated heterocycles. The van der Waals surface area contributed by atoms with Crippen molar-refractivity contribution in [1.82, 2.24) is 9.88 Å². The fourth-order valence-corrected chi connectivity index (χ4v) is 4.91. The first kappa shape index (κ1) is 21.2. The highest BCUT2D eigenvalue weighted by Crippen LogP contribution is 2.31. The van der Waals surface area contributed by atoms with Crippen molar-refractivity contribution in [3.8, 4) is 6.07 Å². The number of piperazine rings is 1. The molecular formula is C27H24N4OS. The quantitative estimate of drug-likeness (QED) is 0.376. The average Bonchev–Trinajstić information content (AvgIpc) is 3.55. The molecule has 0 amide bonds. The number of thiophene rings is 1. The second-order valence-corrected chi connectivity index (χ2v) is 8.89. The molecule has 0 unspecified atom stereocenters. The Morgan fingerprint density at radius 2 is 1.55 bits per heavy atom. The molecule has 33 heavy (non-hydrogen) atoms. The maximum atomic E-state index is 9.62. The molecule has 0 bridgehead atoms. The normalized spacial score (nSPS) is 14.7. The van der Waals surface area contributed by atoms with Crippen LogP contribution in [0.1, 0.15) is 33.6 Å². The average molecular weight is 453 g/mol. The Bertz CT molecular complexity index is 1200. The first-order valence-corrected chi connectivity index (χ1v) is 11.9. The van der Waals surface area contributed by atoms with E-state index >= 15 is 0 Å². The second-order valence-electron chi connectivity index (χ2n) is 7.91. The van der Waals surface area contributed by atoms with E-state index in [0.29, 0.717) is 17.5 Å². The van der Waals surface area contributed by atoms with Gasteiger partial charge in [0.1, 0.15) is 6.07 Å². The van der Waals surface area contributed by atoms with Crippen LogP contribution >= 0.6 is 11.3 Å². The standard InChI is InChI=1S/C27H24N4OS/c28-20-24-27(32-25(29-24)14-13-23-12-7-19-33-23)31-17-15-30(16-18-31)26(21-8-3-1-4-9-21)22-10-5-2-6-11-22/h1-14,19,26H,15-18H2. The van der Waals surface area contributed by atoms with Crippen LogP contribution in [0.5, 0.6) is 0 Å². The van der Waals surface area contributed by atoms with E-state index in [1.807, 2.05) is 29.7 Å². The van der Waals surface area contributed by atoms with Crippen molar-refractivity contribution in [2.45, 2.75) is 6.04 Å². The summed E-state index contributed by atoms with van der Waals surface area (Å²) >= 11 is 1.65. The number of benzene rings is 2. The van der Waals surface area contributed by atoms with Crippen molar-refractivity contribution in [1.29, 1.82) is 5.26 Å². The van der Waals surface area contributed by atoms with E-state index in [0.717, 1.165) is 31.1 Å². The van der Waals surface area contributed by atoms with Crippen LogP contribution in [0.4, 0.5) is 5.88 Å². The summed E-state index contributed by atoms with van der Waals surface area (Å²) in [6.07, 6.45) is 3.79. The van der Waals surface area contributed by atoms with Crippen LogP contribution in [-0.4, -0.2) is 36.1 Å². The van der Waals surface area contributed by atoms with Gasteiger partial charge in [0.05, 0.1) is 6.04 Å². The van der Waals surface area contributed by atoms with E-state index in [-0.39, 0.29) is 6.04 Å². The predicted molar refractivity (Wildman–Crippen MR) is 133 cm³/mol. The molecule has 0 atom stereocenters. The van der Waals surface area contributed by atoms with E-state index in [9.17, 15) is 5.26 Å². The molecule has 164 valence electrons. The van der Waals surface area contributed by atoms with Crippen LogP contribution in [0.15, 0.2) is 82.6 Å². The zero-order valence-corrected chi connectivity index (χ0v) is 19.0. The second kappa shape index (κ2) is 9.86. The molecule has 0 spiro atoms. The van der Waals surface area contributed by atoms with Gasteiger partial charge >= 0.3 is 0 Å². The van der Waals surface area contributed by atoms with Crippen molar-refractivity contribution in [3.05, 3.63) is 106 Å². The number of anilines is 1. The maximum Gasteiger partial charge on any atom is 0.235 e. The van der Waals surface area contributed by atoms with E-state index in [1.165, 1.54) is 11.1 Å². The summed E-state index contributed by atoms with van der Waals surface area (Å²) in [6.45, 7) is 3.27. The van der Waals surface area contributed by atoms with Crippen LogP contribution in [-0.2, 0) is 0 Å². The van der Waals surface area contributed by atoms with Gasteiger partial charge in [0.25, 0.3) is 0 Å². The molecule has 0 radical (unpaired) electrons. The Morgan fingerprint density at radius 1 is 0.879 bits per heavy atom. The molecule has 1 aliphatic rings. The molecule has 2 aromatic carbocycles. The van der Waals surface area contributed by atoms with Gasteiger partial charge < -0.3 is 9.32 Å². The number of nitrogens with zero attached hydrogens (tertiary/aromatic N) is 4. The summed E-state index contributed by atoms with van der Waals surface area (Å²) in [5.74, 6) is 1.03. The highest BCUT2D eigenvalue weighted by Gasteiger charge is 2.29. The molecule has 1 aliphatic heterocycles. The van der Waals surface area contributed by atoms with Gasteiger partial charge in [-0.05, 0) is 28.6 Å². The first-order valence-electron chi connectivity index (χ1n) is 11.0. The predicted octanol–water partition coefficient (Wildman–Crippen LogP) is 5.69. The SMILES string of the molecule is N#Cc1nc(C=Cc2cccs2)oc1N1CCN(C(c2ccccc2)c2ccccc2)CC1. The third kappa shape index (κ3) is 4.75. The van der Waals surface area contributed by atoms with E-state index in [2.05, 4.69) is 81.5 Å². The maximum absolute atomic E-state index is 9.62. The monoisotopic (exact) mass is 452 g/mol. The summed E-state index contributed by atoms with van der Waals surface area (Å²) in [7, 11) is 0. The topological polar surface area (TPSA) is 56.3 Å². The van der Waals surface area contributed by atoms with Gasteiger partial charge in [-0.2, -0.15) is 10.2 Å². The summed E-state index contributed by atoms with van der Waals surface area (Å²) < 4.78 is 6.00. The van der Waals surface area contributed by atoms with Gasteiger partial charge in [-0.25, -0.2) is 0 Å². The van der Waals surface area contributed by atoms with Gasteiger partial charge in [-0.15, -0.1) is 11.3 Å². The summed E-state index contributed by atoms with van der Waals surface area (Å²) in [6, 6.07) is 27.7. The molecule has 0 N–H and O–H groups in total. The molecule has 1 fully saturated rings. The fraction of sp³-hybridized carbons (Fsp3) is 0.185. The molecule has 5 nitrogen and oxygen atoms in total. The Balaban J connectivity index is 1.33. The number of nitriles is 1. The molecule has 4 aromatic rings. The van der Waals surface area contributed by atoms with Gasteiger partial charge in [-0.3, -0.25) is 4.90 Å². The molecular weight excluding hydrogens is 428 g/mol. The molecule has 2 aromatic heterocycles. The number of aromatic nitrogens is 1. The third-order valence-corrected chi connectivity index (χ3v) is 6.70.